The Bertz CT molecular complexity index is 486. The number of imidazole rings is 1. The molecule has 0 unspecified atom stereocenters. The van der Waals surface area contributed by atoms with Crippen LogP contribution in [0.15, 0.2) is 12.7 Å². The van der Waals surface area contributed by atoms with Crippen LogP contribution in [0, 0.1) is 0 Å². The minimum Gasteiger partial charge on any atom is -0.382 e. The van der Waals surface area contributed by atoms with Crippen LogP contribution in [0.25, 0.3) is 5.52 Å². The Morgan fingerprint density at radius 1 is 1.40 bits per heavy atom. The highest BCUT2D eigenvalue weighted by atomic mass is 15.3. The molecule has 0 atom stereocenters. The van der Waals surface area contributed by atoms with Crippen LogP contribution in [0.2, 0.25) is 0 Å². The lowest BCUT2D eigenvalue weighted by molar-refractivity contribution is 0.497. The quantitative estimate of drug-likeness (QED) is 0.804. The molecule has 2 aromatic heterocycles. The third-order valence-corrected chi connectivity index (χ3v) is 2.89. The number of nitrogen functional groups attached to an aromatic ring is 1. The van der Waals surface area contributed by atoms with E-state index in [1.54, 1.807) is 10.8 Å². The van der Waals surface area contributed by atoms with Gasteiger partial charge in [-0.3, -0.25) is 0 Å². The highest BCUT2D eigenvalue weighted by Crippen LogP contribution is 2.30. The zero-order valence-electron chi connectivity index (χ0n) is 9.23. The zero-order chi connectivity index (χ0) is 11.1. The molecule has 0 fully saturated rings. The van der Waals surface area contributed by atoms with Gasteiger partial charge in [-0.1, -0.05) is 20.8 Å². The van der Waals surface area contributed by atoms with Crippen LogP contribution in [0.3, 0.4) is 0 Å². The second-order valence-corrected chi connectivity index (χ2v) is 4.27. The van der Waals surface area contributed by atoms with E-state index in [2.05, 4.69) is 35.8 Å². The molecule has 2 N–H and O–H groups in total. The minimum absolute atomic E-state index is 0.00637. The lowest BCUT2D eigenvalue weighted by Crippen LogP contribution is -2.17. The van der Waals surface area contributed by atoms with E-state index < -0.39 is 0 Å². The van der Waals surface area contributed by atoms with Crippen molar-refractivity contribution in [2.24, 2.45) is 0 Å². The highest BCUT2D eigenvalue weighted by Gasteiger charge is 2.25. The van der Waals surface area contributed by atoms with E-state index in [-0.39, 0.29) is 5.41 Å². The molecule has 80 valence electrons. The number of hydrogen-bond acceptors (Lipinski definition) is 4. The molecule has 0 saturated heterocycles. The smallest absolute Gasteiger partial charge is 0.153 e. The van der Waals surface area contributed by atoms with Crippen LogP contribution in [0.5, 0.6) is 0 Å². The summed E-state index contributed by atoms with van der Waals surface area (Å²) in [5.41, 5.74) is 7.62. The first-order valence-corrected chi connectivity index (χ1v) is 5.00. The third-order valence-electron chi connectivity index (χ3n) is 2.89. The van der Waals surface area contributed by atoms with Gasteiger partial charge in [0.25, 0.3) is 0 Å². The SMILES string of the molecule is CCC(C)(C)c1ncn2ncnc(N)c12. The van der Waals surface area contributed by atoms with E-state index in [4.69, 9.17) is 5.73 Å². The molecule has 0 spiro atoms. The van der Waals surface area contributed by atoms with Crippen LogP contribution in [0.4, 0.5) is 5.82 Å². The van der Waals surface area contributed by atoms with Crippen molar-refractivity contribution in [2.75, 3.05) is 5.73 Å². The normalized spacial score (nSPS) is 12.2. The fraction of sp³-hybridized carbons (Fsp3) is 0.500. The third kappa shape index (κ3) is 1.44. The van der Waals surface area contributed by atoms with Crippen molar-refractivity contribution >= 4 is 11.3 Å². The van der Waals surface area contributed by atoms with E-state index in [0.29, 0.717) is 5.82 Å². The van der Waals surface area contributed by atoms with Gasteiger partial charge in [0.15, 0.2) is 5.82 Å². The number of rotatable bonds is 2. The molecular weight excluding hydrogens is 190 g/mol. The Morgan fingerprint density at radius 2 is 2.13 bits per heavy atom. The lowest BCUT2D eigenvalue weighted by atomic mass is 9.86. The Kier molecular flexibility index (Phi) is 2.10. The van der Waals surface area contributed by atoms with E-state index >= 15 is 0 Å². The summed E-state index contributed by atoms with van der Waals surface area (Å²) in [4.78, 5) is 8.37. The van der Waals surface area contributed by atoms with Crippen molar-refractivity contribution in [2.45, 2.75) is 32.6 Å². The lowest BCUT2D eigenvalue weighted by Gasteiger charge is -2.20. The molecule has 0 amide bonds. The molecule has 5 heteroatoms. The molecular formula is C10H15N5. The van der Waals surface area contributed by atoms with E-state index in [9.17, 15) is 0 Å². The Balaban J connectivity index is 2.73. The van der Waals surface area contributed by atoms with E-state index in [1.165, 1.54) is 6.33 Å². The molecule has 0 aromatic carbocycles. The number of aromatic nitrogens is 4. The van der Waals surface area contributed by atoms with Crippen LogP contribution < -0.4 is 5.73 Å². The number of nitrogens with two attached hydrogens (primary N) is 1. The van der Waals surface area contributed by atoms with Crippen LogP contribution in [-0.4, -0.2) is 19.6 Å². The molecule has 0 aliphatic carbocycles. The summed E-state index contributed by atoms with van der Waals surface area (Å²) in [6, 6.07) is 0. The standard InChI is InChI=1S/C10H15N5/c1-4-10(2,3)8-7-9(11)12-5-14-15(7)6-13-8/h5-6H,4H2,1-3H3,(H2,11,12,14). The molecule has 15 heavy (non-hydrogen) atoms. The summed E-state index contributed by atoms with van der Waals surface area (Å²) in [5, 5.41) is 4.07. The van der Waals surface area contributed by atoms with Gasteiger partial charge >= 0.3 is 0 Å². The summed E-state index contributed by atoms with van der Waals surface area (Å²) >= 11 is 0. The van der Waals surface area contributed by atoms with Gasteiger partial charge < -0.3 is 5.73 Å². The average molecular weight is 205 g/mol. The fourth-order valence-electron chi connectivity index (χ4n) is 1.53. The van der Waals surface area contributed by atoms with Gasteiger partial charge in [-0.2, -0.15) is 5.10 Å². The maximum atomic E-state index is 5.84. The van der Waals surface area contributed by atoms with Crippen molar-refractivity contribution < 1.29 is 0 Å². The van der Waals surface area contributed by atoms with Crippen LogP contribution >= 0.6 is 0 Å². The monoisotopic (exact) mass is 205 g/mol. The second kappa shape index (κ2) is 3.18. The van der Waals surface area contributed by atoms with Gasteiger partial charge in [0.2, 0.25) is 0 Å². The Morgan fingerprint density at radius 3 is 2.80 bits per heavy atom. The van der Waals surface area contributed by atoms with Gasteiger partial charge in [0.1, 0.15) is 18.2 Å². The summed E-state index contributed by atoms with van der Waals surface area (Å²) in [6.07, 6.45) is 4.11. The molecule has 0 saturated carbocycles. The second-order valence-electron chi connectivity index (χ2n) is 4.27. The van der Waals surface area contributed by atoms with Gasteiger partial charge in [0, 0.05) is 5.41 Å². The van der Waals surface area contributed by atoms with Gasteiger partial charge in [0.05, 0.1) is 5.69 Å². The van der Waals surface area contributed by atoms with Crippen molar-refractivity contribution in [1.82, 2.24) is 19.6 Å². The summed E-state index contributed by atoms with van der Waals surface area (Å²) in [5.74, 6) is 0.485. The summed E-state index contributed by atoms with van der Waals surface area (Å²) < 4.78 is 1.68. The molecule has 0 bridgehead atoms. The van der Waals surface area contributed by atoms with Gasteiger partial charge in [-0.15, -0.1) is 0 Å². The fourth-order valence-corrected chi connectivity index (χ4v) is 1.53. The van der Waals surface area contributed by atoms with E-state index in [0.717, 1.165) is 17.6 Å². The van der Waals surface area contributed by atoms with Gasteiger partial charge in [-0.25, -0.2) is 14.5 Å². The first-order chi connectivity index (χ1) is 7.06. The molecule has 0 radical (unpaired) electrons. The maximum absolute atomic E-state index is 5.84. The van der Waals surface area contributed by atoms with Crippen LogP contribution in [0.1, 0.15) is 32.9 Å². The molecule has 5 nitrogen and oxygen atoms in total. The maximum Gasteiger partial charge on any atom is 0.153 e. The minimum atomic E-state index is -0.00637. The molecule has 2 aromatic rings. The van der Waals surface area contributed by atoms with Crippen molar-refractivity contribution in [3.63, 3.8) is 0 Å². The summed E-state index contributed by atoms with van der Waals surface area (Å²) in [6.45, 7) is 6.41. The zero-order valence-corrected chi connectivity index (χ0v) is 9.23. The van der Waals surface area contributed by atoms with Crippen LogP contribution in [-0.2, 0) is 5.41 Å². The van der Waals surface area contributed by atoms with Crippen molar-refractivity contribution in [3.05, 3.63) is 18.3 Å². The van der Waals surface area contributed by atoms with Crippen molar-refractivity contribution in [3.8, 4) is 0 Å². The molecule has 0 aliphatic heterocycles. The highest BCUT2D eigenvalue weighted by molar-refractivity contribution is 5.69. The number of fused-ring (bicyclic) bond motifs is 1. The van der Waals surface area contributed by atoms with Crippen molar-refractivity contribution in [1.29, 1.82) is 0 Å². The first-order valence-electron chi connectivity index (χ1n) is 5.00. The predicted molar refractivity (Wildman–Crippen MR) is 58.5 cm³/mol. The number of nitrogens with zero attached hydrogens (tertiary/aromatic N) is 4. The molecule has 0 aliphatic rings. The van der Waals surface area contributed by atoms with E-state index in [1.807, 2.05) is 0 Å². The molecule has 2 heterocycles. The number of anilines is 1. The first kappa shape index (κ1) is 9.89. The summed E-state index contributed by atoms with van der Waals surface area (Å²) in [7, 11) is 0. The topological polar surface area (TPSA) is 69.1 Å². The molecule has 2 rings (SSSR count). The number of hydrogen-bond donors (Lipinski definition) is 1. The predicted octanol–water partition coefficient (Wildman–Crippen LogP) is 1.39. The Hall–Kier alpha value is -1.65. The largest absolute Gasteiger partial charge is 0.382 e. The van der Waals surface area contributed by atoms with Gasteiger partial charge in [-0.05, 0) is 6.42 Å². The average Bonchev–Trinajstić information content (AvgIpc) is 2.63. The Labute approximate surface area is 88.3 Å².